The van der Waals surface area contributed by atoms with Gasteiger partial charge in [0.05, 0.1) is 0 Å². The van der Waals surface area contributed by atoms with Crippen LogP contribution in [0.3, 0.4) is 0 Å². The van der Waals surface area contributed by atoms with E-state index in [2.05, 4.69) is 130 Å². The van der Waals surface area contributed by atoms with Crippen molar-refractivity contribution in [3.63, 3.8) is 0 Å². The summed E-state index contributed by atoms with van der Waals surface area (Å²) >= 11 is 0. The number of ether oxygens (including phenoxy) is 3. The molecule has 0 aliphatic heterocycles. The van der Waals surface area contributed by atoms with E-state index in [0.29, 0.717) is 19.3 Å². The summed E-state index contributed by atoms with van der Waals surface area (Å²) in [5, 5.41) is 0. The molecule has 0 heterocycles. The number of unbranched alkanes of at least 4 members (excludes halogenated alkanes) is 31. The fraction of sp³-hybridized carbons (Fsp3) is 0.712. The molecule has 0 spiro atoms. The minimum atomic E-state index is -0.794. The van der Waals surface area contributed by atoms with Gasteiger partial charge in [-0.1, -0.05) is 278 Å². The lowest BCUT2D eigenvalue weighted by Gasteiger charge is -2.18. The molecule has 1 unspecified atom stereocenters. The van der Waals surface area contributed by atoms with E-state index in [1.54, 1.807) is 0 Å². The highest BCUT2D eigenvalue weighted by molar-refractivity contribution is 5.71. The smallest absolute Gasteiger partial charge is 0.306 e. The number of rotatable bonds is 60. The first-order valence-electron chi connectivity index (χ1n) is 33.4. The molecule has 1 atom stereocenters. The number of hydrogen-bond donors (Lipinski definition) is 0. The molecular weight excluding hydrogens is 973 g/mol. The number of carbonyl (C=O) groups is 3. The van der Waals surface area contributed by atoms with Crippen LogP contribution >= 0.6 is 0 Å². The Labute approximate surface area is 489 Å². The second-order valence-corrected chi connectivity index (χ2v) is 22.0. The fourth-order valence-corrected chi connectivity index (χ4v) is 9.24. The molecule has 0 aromatic carbocycles. The molecule has 0 bridgehead atoms. The molecule has 0 amide bonds. The number of esters is 3. The highest BCUT2D eigenvalue weighted by Crippen LogP contribution is 2.16. The second kappa shape index (κ2) is 66.6. The Morgan fingerprint density at radius 3 is 0.797 bits per heavy atom. The van der Waals surface area contributed by atoms with Crippen molar-refractivity contribution in [2.24, 2.45) is 0 Å². The van der Waals surface area contributed by atoms with Crippen LogP contribution in [-0.4, -0.2) is 37.2 Å². The van der Waals surface area contributed by atoms with E-state index in [9.17, 15) is 14.4 Å². The van der Waals surface area contributed by atoms with Crippen molar-refractivity contribution in [1.29, 1.82) is 0 Å². The Morgan fingerprint density at radius 2 is 0.494 bits per heavy atom. The summed E-state index contributed by atoms with van der Waals surface area (Å²) < 4.78 is 17.0. The van der Waals surface area contributed by atoms with Crippen LogP contribution in [0.5, 0.6) is 0 Å². The van der Waals surface area contributed by atoms with Gasteiger partial charge < -0.3 is 14.2 Å². The summed E-state index contributed by atoms with van der Waals surface area (Å²) in [6.45, 7) is 6.50. The third-order valence-corrected chi connectivity index (χ3v) is 14.2. The van der Waals surface area contributed by atoms with Gasteiger partial charge in [0.25, 0.3) is 0 Å². The summed E-state index contributed by atoms with van der Waals surface area (Å²) in [6.07, 6.45) is 90.8. The van der Waals surface area contributed by atoms with E-state index >= 15 is 0 Å². The third-order valence-electron chi connectivity index (χ3n) is 14.2. The Hall–Kier alpha value is -3.93. The Balaban J connectivity index is 4.44. The molecule has 452 valence electrons. The normalized spacial score (nSPS) is 12.8. The minimum absolute atomic E-state index is 0.0888. The van der Waals surface area contributed by atoms with Crippen molar-refractivity contribution in [2.45, 2.75) is 322 Å². The number of allylic oxidation sites excluding steroid dienone is 18. The highest BCUT2D eigenvalue weighted by Gasteiger charge is 2.19. The van der Waals surface area contributed by atoms with Crippen LogP contribution in [-0.2, 0) is 28.6 Å². The second-order valence-electron chi connectivity index (χ2n) is 22.0. The van der Waals surface area contributed by atoms with Crippen molar-refractivity contribution in [3.8, 4) is 0 Å². The number of carbonyl (C=O) groups excluding carboxylic acids is 3. The maximum Gasteiger partial charge on any atom is 0.306 e. The molecule has 6 nitrogen and oxygen atoms in total. The standard InChI is InChI=1S/C73H124O6/c1-4-7-10-13-16-19-22-25-28-31-34-36-39-42-45-48-51-54-57-60-63-66-72(75)78-69-70(68-77-71(74)65-62-59-56-53-50-47-44-41-38-33-30-27-24-21-18-15-12-9-6-3)79-73(76)67-64-61-58-55-52-49-46-43-40-37-35-32-29-26-23-20-17-14-11-8-5-2/h7,10,16,18-19,21,23,25-28,30,32,34-36,38,41,70H,4-6,8-9,11-15,17,20,22,24,29,31,33,37,39-40,42-69H2,1-3H3/b10-7-,19-16-,21-18-,26-23-,28-25-,30-27-,35-32-,36-34-,41-38-. The van der Waals surface area contributed by atoms with Crippen molar-refractivity contribution in [3.05, 3.63) is 109 Å². The summed E-state index contributed by atoms with van der Waals surface area (Å²) in [5.74, 6) is -0.903. The Morgan fingerprint density at radius 1 is 0.266 bits per heavy atom. The van der Waals surface area contributed by atoms with Crippen molar-refractivity contribution in [1.82, 2.24) is 0 Å². The van der Waals surface area contributed by atoms with E-state index in [0.717, 1.165) is 116 Å². The Kier molecular flexibility index (Phi) is 63.3. The van der Waals surface area contributed by atoms with Gasteiger partial charge in [-0.05, 0) is 128 Å². The van der Waals surface area contributed by atoms with E-state index in [1.807, 2.05) is 0 Å². The molecule has 79 heavy (non-hydrogen) atoms. The summed E-state index contributed by atoms with van der Waals surface area (Å²) in [6, 6.07) is 0. The van der Waals surface area contributed by atoms with Crippen LogP contribution in [0.15, 0.2) is 109 Å². The van der Waals surface area contributed by atoms with Gasteiger partial charge in [0, 0.05) is 19.3 Å². The summed E-state index contributed by atoms with van der Waals surface area (Å²) in [7, 11) is 0. The van der Waals surface area contributed by atoms with Crippen LogP contribution in [0.25, 0.3) is 0 Å². The maximum atomic E-state index is 12.9. The van der Waals surface area contributed by atoms with Gasteiger partial charge in [0.2, 0.25) is 0 Å². The molecule has 0 aliphatic rings. The molecule has 0 aromatic heterocycles. The van der Waals surface area contributed by atoms with E-state index in [1.165, 1.54) is 161 Å². The lowest BCUT2D eigenvalue weighted by Crippen LogP contribution is -2.30. The van der Waals surface area contributed by atoms with Gasteiger partial charge in [-0.15, -0.1) is 0 Å². The van der Waals surface area contributed by atoms with Crippen LogP contribution in [0.1, 0.15) is 316 Å². The van der Waals surface area contributed by atoms with Gasteiger partial charge in [-0.25, -0.2) is 0 Å². The summed E-state index contributed by atoms with van der Waals surface area (Å²) in [5.41, 5.74) is 0. The number of hydrogen-bond acceptors (Lipinski definition) is 6. The lowest BCUT2D eigenvalue weighted by molar-refractivity contribution is -0.167. The molecule has 0 fully saturated rings. The zero-order chi connectivity index (χ0) is 57.1. The molecule has 0 saturated carbocycles. The molecule has 0 aromatic rings. The van der Waals surface area contributed by atoms with Crippen LogP contribution < -0.4 is 0 Å². The van der Waals surface area contributed by atoms with Crippen LogP contribution in [0, 0.1) is 0 Å². The van der Waals surface area contributed by atoms with Crippen LogP contribution in [0.2, 0.25) is 0 Å². The van der Waals surface area contributed by atoms with Crippen molar-refractivity contribution < 1.29 is 28.6 Å². The van der Waals surface area contributed by atoms with Gasteiger partial charge in [-0.3, -0.25) is 14.4 Å². The first-order valence-corrected chi connectivity index (χ1v) is 33.4. The third kappa shape index (κ3) is 64.8. The zero-order valence-corrected chi connectivity index (χ0v) is 51.9. The predicted octanol–water partition coefficient (Wildman–Crippen LogP) is 23.0. The SMILES string of the molecule is CC/C=C\C/C=C\C/C=C\C/C=C\CCCCCCCCCCC(=O)OCC(COC(=O)CCCCCCCC/C=C\C/C=C\C/C=C\CCCCC)OC(=O)CCCCCCCCCCC/C=C\C/C=C\CCCCCCC. The quantitative estimate of drug-likeness (QED) is 0.0261. The average Bonchev–Trinajstić information content (AvgIpc) is 3.45. The molecule has 0 N–H and O–H groups in total. The molecule has 0 radical (unpaired) electrons. The predicted molar refractivity (Wildman–Crippen MR) is 343 cm³/mol. The van der Waals surface area contributed by atoms with Crippen molar-refractivity contribution in [2.75, 3.05) is 13.2 Å². The molecule has 0 rings (SSSR count). The monoisotopic (exact) mass is 1100 g/mol. The van der Waals surface area contributed by atoms with E-state index in [-0.39, 0.29) is 31.1 Å². The fourth-order valence-electron chi connectivity index (χ4n) is 9.24. The summed E-state index contributed by atoms with van der Waals surface area (Å²) in [4.78, 5) is 38.4. The lowest BCUT2D eigenvalue weighted by atomic mass is 10.1. The first-order chi connectivity index (χ1) is 39.0. The largest absolute Gasteiger partial charge is 0.462 e. The highest BCUT2D eigenvalue weighted by atomic mass is 16.6. The maximum absolute atomic E-state index is 12.9. The van der Waals surface area contributed by atoms with Gasteiger partial charge in [-0.2, -0.15) is 0 Å². The topological polar surface area (TPSA) is 78.9 Å². The van der Waals surface area contributed by atoms with Gasteiger partial charge in [0.1, 0.15) is 13.2 Å². The van der Waals surface area contributed by atoms with E-state index < -0.39 is 6.10 Å². The zero-order valence-electron chi connectivity index (χ0n) is 51.9. The molecule has 6 heteroatoms. The minimum Gasteiger partial charge on any atom is -0.462 e. The first kappa shape index (κ1) is 75.1. The molecular formula is C73H124O6. The molecule has 0 aliphatic carbocycles. The Bertz CT molecular complexity index is 1590. The average molecular weight is 1100 g/mol. The molecule has 0 saturated heterocycles. The van der Waals surface area contributed by atoms with Crippen LogP contribution in [0.4, 0.5) is 0 Å². The van der Waals surface area contributed by atoms with Gasteiger partial charge in [0.15, 0.2) is 6.10 Å². The van der Waals surface area contributed by atoms with Crippen molar-refractivity contribution >= 4 is 17.9 Å². The van der Waals surface area contributed by atoms with E-state index in [4.69, 9.17) is 14.2 Å². The van der Waals surface area contributed by atoms with Gasteiger partial charge >= 0.3 is 17.9 Å².